The number of nitrogens with one attached hydrogen (secondary N) is 2. The van der Waals surface area contributed by atoms with Gasteiger partial charge in [-0.2, -0.15) is 0 Å². The molecule has 0 saturated carbocycles. The van der Waals surface area contributed by atoms with E-state index >= 15 is 0 Å². The van der Waals surface area contributed by atoms with Crippen LogP contribution in [0.4, 0.5) is 4.79 Å². The lowest BCUT2D eigenvalue weighted by atomic mass is 10.3. The Labute approximate surface area is 117 Å². The molecule has 0 aliphatic heterocycles. The Bertz CT molecular complexity index is 398. The number of hydrogen-bond acceptors (Lipinski definition) is 3. The SMILES string of the molecule is O=C(CCCl)NC(=O)NCCCOc1ccccc1. The maximum Gasteiger partial charge on any atom is 0.321 e. The van der Waals surface area contributed by atoms with Crippen molar-refractivity contribution in [1.29, 1.82) is 0 Å². The smallest absolute Gasteiger partial charge is 0.321 e. The summed E-state index contributed by atoms with van der Waals surface area (Å²) < 4.78 is 5.45. The Balaban J connectivity index is 2.04. The summed E-state index contributed by atoms with van der Waals surface area (Å²) in [6.45, 7) is 0.937. The number of alkyl halides is 1. The van der Waals surface area contributed by atoms with E-state index in [4.69, 9.17) is 16.3 Å². The molecule has 0 aliphatic rings. The van der Waals surface area contributed by atoms with E-state index in [0.717, 1.165) is 5.75 Å². The highest BCUT2D eigenvalue weighted by molar-refractivity contribution is 6.19. The van der Waals surface area contributed by atoms with E-state index in [9.17, 15) is 9.59 Å². The van der Waals surface area contributed by atoms with Gasteiger partial charge in [-0.05, 0) is 18.6 Å². The van der Waals surface area contributed by atoms with E-state index in [-0.39, 0.29) is 18.2 Å². The molecule has 0 atom stereocenters. The molecular weight excluding hydrogens is 268 g/mol. The van der Waals surface area contributed by atoms with E-state index in [1.54, 1.807) is 0 Å². The zero-order chi connectivity index (χ0) is 13.9. The van der Waals surface area contributed by atoms with Crippen LogP contribution in [0.15, 0.2) is 30.3 Å². The molecule has 0 saturated heterocycles. The maximum absolute atomic E-state index is 11.2. The molecule has 1 aromatic rings. The van der Waals surface area contributed by atoms with Crippen LogP contribution in [0.3, 0.4) is 0 Å². The van der Waals surface area contributed by atoms with Gasteiger partial charge in [0.15, 0.2) is 0 Å². The first-order valence-electron chi connectivity index (χ1n) is 6.04. The van der Waals surface area contributed by atoms with Crippen molar-refractivity contribution in [3.63, 3.8) is 0 Å². The topological polar surface area (TPSA) is 67.4 Å². The van der Waals surface area contributed by atoms with E-state index in [2.05, 4.69) is 10.6 Å². The Morgan fingerprint density at radius 3 is 2.63 bits per heavy atom. The third-order valence-electron chi connectivity index (χ3n) is 2.19. The third-order valence-corrected chi connectivity index (χ3v) is 2.38. The fraction of sp³-hybridized carbons (Fsp3) is 0.385. The van der Waals surface area contributed by atoms with Crippen molar-refractivity contribution in [2.75, 3.05) is 19.0 Å². The predicted octanol–water partition coefficient (Wildman–Crippen LogP) is 1.91. The van der Waals surface area contributed by atoms with Crippen molar-refractivity contribution >= 4 is 23.5 Å². The molecule has 0 fully saturated rings. The molecule has 0 radical (unpaired) electrons. The van der Waals surface area contributed by atoms with Crippen LogP contribution in [0.2, 0.25) is 0 Å². The summed E-state index contributed by atoms with van der Waals surface area (Å²) in [7, 11) is 0. The van der Waals surface area contributed by atoms with Gasteiger partial charge < -0.3 is 10.1 Å². The lowest BCUT2D eigenvalue weighted by Gasteiger charge is -2.07. The zero-order valence-corrected chi connectivity index (χ0v) is 11.3. The summed E-state index contributed by atoms with van der Waals surface area (Å²) in [6.07, 6.45) is 0.790. The number of carbonyl (C=O) groups is 2. The van der Waals surface area contributed by atoms with Gasteiger partial charge in [-0.15, -0.1) is 11.6 Å². The quantitative estimate of drug-likeness (QED) is 0.594. The highest BCUT2D eigenvalue weighted by atomic mass is 35.5. The van der Waals surface area contributed by atoms with E-state index in [0.29, 0.717) is 19.6 Å². The van der Waals surface area contributed by atoms with E-state index in [1.807, 2.05) is 30.3 Å². The second-order valence-electron chi connectivity index (χ2n) is 3.76. The van der Waals surface area contributed by atoms with Gasteiger partial charge in [0.1, 0.15) is 5.75 Å². The Morgan fingerprint density at radius 1 is 1.21 bits per heavy atom. The van der Waals surface area contributed by atoms with Crippen LogP contribution >= 0.6 is 11.6 Å². The molecule has 1 rings (SSSR count). The summed E-state index contributed by atoms with van der Waals surface area (Å²) in [4.78, 5) is 22.3. The number of urea groups is 1. The van der Waals surface area contributed by atoms with Crippen LogP contribution in [0.1, 0.15) is 12.8 Å². The highest BCUT2D eigenvalue weighted by Gasteiger charge is 2.05. The first kappa shape index (κ1) is 15.3. The first-order valence-corrected chi connectivity index (χ1v) is 6.57. The Kier molecular flexibility index (Phi) is 7.43. The van der Waals surface area contributed by atoms with Crippen molar-refractivity contribution in [2.45, 2.75) is 12.8 Å². The molecule has 104 valence electrons. The fourth-order valence-electron chi connectivity index (χ4n) is 1.30. The van der Waals surface area contributed by atoms with Crippen LogP contribution in [0.5, 0.6) is 5.75 Å². The first-order chi connectivity index (χ1) is 9.22. The van der Waals surface area contributed by atoms with Gasteiger partial charge in [0.2, 0.25) is 5.91 Å². The average Bonchev–Trinajstić information content (AvgIpc) is 2.39. The van der Waals surface area contributed by atoms with E-state index in [1.165, 1.54) is 0 Å². The highest BCUT2D eigenvalue weighted by Crippen LogP contribution is 2.07. The van der Waals surface area contributed by atoms with Crippen molar-refractivity contribution in [3.05, 3.63) is 30.3 Å². The molecule has 1 aromatic carbocycles. The number of amides is 3. The van der Waals surface area contributed by atoms with Gasteiger partial charge in [0.25, 0.3) is 0 Å². The molecule has 0 bridgehead atoms. The van der Waals surface area contributed by atoms with E-state index < -0.39 is 6.03 Å². The minimum absolute atomic E-state index is 0.131. The Hall–Kier alpha value is -1.75. The number of halogens is 1. The van der Waals surface area contributed by atoms with Gasteiger partial charge in [-0.25, -0.2) is 4.79 Å². The molecule has 2 N–H and O–H groups in total. The standard InChI is InChI=1S/C13H17ClN2O3/c14-8-7-12(17)16-13(18)15-9-4-10-19-11-5-2-1-3-6-11/h1-3,5-6H,4,7-10H2,(H2,15,16,17,18). The van der Waals surface area contributed by atoms with Crippen LogP contribution in [-0.2, 0) is 4.79 Å². The monoisotopic (exact) mass is 284 g/mol. The molecule has 6 heteroatoms. The van der Waals surface area contributed by atoms with Crippen molar-refractivity contribution in [2.24, 2.45) is 0 Å². The summed E-state index contributed by atoms with van der Waals surface area (Å²) in [6, 6.07) is 8.93. The molecule has 0 heterocycles. The summed E-state index contributed by atoms with van der Waals surface area (Å²) in [5.74, 6) is 0.613. The lowest BCUT2D eigenvalue weighted by molar-refractivity contribution is -0.119. The Morgan fingerprint density at radius 2 is 1.95 bits per heavy atom. The molecule has 3 amide bonds. The second kappa shape index (κ2) is 9.22. The van der Waals surface area contributed by atoms with Crippen molar-refractivity contribution in [1.82, 2.24) is 10.6 Å². The summed E-state index contributed by atoms with van der Waals surface area (Å²) in [5, 5.41) is 4.74. The largest absolute Gasteiger partial charge is 0.494 e. The molecular formula is C13H17ClN2O3. The normalized spacial score (nSPS) is 9.74. The van der Waals surface area contributed by atoms with Crippen LogP contribution in [-0.4, -0.2) is 31.0 Å². The maximum atomic E-state index is 11.2. The number of rotatable bonds is 7. The lowest BCUT2D eigenvalue weighted by Crippen LogP contribution is -2.40. The molecule has 0 spiro atoms. The number of benzene rings is 1. The minimum atomic E-state index is -0.505. The predicted molar refractivity (Wildman–Crippen MR) is 73.4 cm³/mol. The minimum Gasteiger partial charge on any atom is -0.494 e. The molecule has 0 unspecified atom stereocenters. The van der Waals surface area contributed by atoms with Gasteiger partial charge in [-0.1, -0.05) is 18.2 Å². The average molecular weight is 285 g/mol. The molecule has 0 aliphatic carbocycles. The van der Waals surface area contributed by atoms with Crippen LogP contribution in [0, 0.1) is 0 Å². The van der Waals surface area contributed by atoms with Crippen molar-refractivity contribution < 1.29 is 14.3 Å². The third kappa shape index (κ3) is 7.31. The molecule has 0 aromatic heterocycles. The summed E-state index contributed by atoms with van der Waals surface area (Å²) >= 11 is 5.37. The van der Waals surface area contributed by atoms with Gasteiger partial charge >= 0.3 is 6.03 Å². The van der Waals surface area contributed by atoms with Crippen LogP contribution < -0.4 is 15.4 Å². The zero-order valence-electron chi connectivity index (χ0n) is 10.5. The van der Waals surface area contributed by atoms with Gasteiger partial charge in [0, 0.05) is 18.8 Å². The number of para-hydroxylation sites is 1. The molecule has 5 nitrogen and oxygen atoms in total. The second-order valence-corrected chi connectivity index (χ2v) is 4.14. The molecule has 19 heavy (non-hydrogen) atoms. The number of imide groups is 1. The van der Waals surface area contributed by atoms with Gasteiger partial charge in [0.05, 0.1) is 6.61 Å². The van der Waals surface area contributed by atoms with Crippen molar-refractivity contribution in [3.8, 4) is 5.75 Å². The number of ether oxygens (including phenoxy) is 1. The number of carbonyl (C=O) groups excluding carboxylic acids is 2. The van der Waals surface area contributed by atoms with Crippen LogP contribution in [0.25, 0.3) is 0 Å². The fourth-order valence-corrected chi connectivity index (χ4v) is 1.47. The van der Waals surface area contributed by atoms with Gasteiger partial charge in [-0.3, -0.25) is 10.1 Å². The number of hydrogen-bond donors (Lipinski definition) is 2. The summed E-state index contributed by atoms with van der Waals surface area (Å²) in [5.41, 5.74) is 0.